The van der Waals surface area contributed by atoms with Gasteiger partial charge in [0.1, 0.15) is 11.6 Å². The lowest BCUT2D eigenvalue weighted by molar-refractivity contribution is -0.135. The molecule has 3 rings (SSSR count). The number of aromatic nitrogens is 1. The van der Waals surface area contributed by atoms with Gasteiger partial charge >= 0.3 is 6.09 Å². The molecule has 0 saturated carbocycles. The van der Waals surface area contributed by atoms with Crippen LogP contribution in [-0.4, -0.2) is 28.1 Å². The summed E-state index contributed by atoms with van der Waals surface area (Å²) in [6.07, 6.45) is 1.65. The number of amides is 3. The van der Waals surface area contributed by atoms with E-state index in [0.29, 0.717) is 13.0 Å². The monoisotopic (exact) mass is 411 g/mol. The Balaban J connectivity index is 1.72. The van der Waals surface area contributed by atoms with Crippen LogP contribution in [0.1, 0.15) is 45.2 Å². The molecule has 2 N–H and O–H groups in total. The Morgan fingerprint density at radius 1 is 1.10 bits per heavy atom. The third kappa shape index (κ3) is 5.34. The third-order valence-corrected chi connectivity index (χ3v) is 4.61. The molecule has 1 aliphatic heterocycles. The maximum absolute atomic E-state index is 12.3. The van der Waals surface area contributed by atoms with E-state index >= 15 is 0 Å². The van der Waals surface area contributed by atoms with Gasteiger partial charge in [-0.3, -0.25) is 19.7 Å². The number of hydrogen-bond donors (Lipinski definition) is 2. The van der Waals surface area contributed by atoms with Crippen molar-refractivity contribution in [2.75, 3.05) is 0 Å². The van der Waals surface area contributed by atoms with Crippen LogP contribution in [0.4, 0.5) is 4.79 Å². The van der Waals surface area contributed by atoms with Crippen molar-refractivity contribution in [3.63, 3.8) is 0 Å². The highest BCUT2D eigenvalue weighted by Gasteiger charge is 2.28. The Bertz CT molecular complexity index is 1020. The number of benzene rings is 1. The molecule has 8 nitrogen and oxygen atoms in total. The van der Waals surface area contributed by atoms with Crippen molar-refractivity contribution >= 4 is 17.9 Å². The molecule has 0 radical (unpaired) electrons. The van der Waals surface area contributed by atoms with E-state index in [1.54, 1.807) is 33.0 Å². The highest BCUT2D eigenvalue weighted by molar-refractivity contribution is 5.99. The molecule has 1 unspecified atom stereocenters. The molecule has 30 heavy (non-hydrogen) atoms. The maximum atomic E-state index is 12.3. The first-order chi connectivity index (χ1) is 14.1. The van der Waals surface area contributed by atoms with Gasteiger partial charge in [-0.25, -0.2) is 4.79 Å². The number of nitrogens with zero attached hydrogens (tertiary/aromatic N) is 1. The summed E-state index contributed by atoms with van der Waals surface area (Å²) in [7, 11) is 0. The Morgan fingerprint density at radius 3 is 2.40 bits per heavy atom. The molecular formula is C22H25N3O5. The van der Waals surface area contributed by atoms with Crippen LogP contribution in [0.15, 0.2) is 47.4 Å². The van der Waals surface area contributed by atoms with Crippen LogP contribution in [0.5, 0.6) is 0 Å². The van der Waals surface area contributed by atoms with Gasteiger partial charge in [0.05, 0.1) is 0 Å². The average Bonchev–Trinajstić information content (AvgIpc) is 2.66. The summed E-state index contributed by atoms with van der Waals surface area (Å²) in [6.45, 7) is 5.73. The SMILES string of the molecule is CC(C)(C)OC(=O)NCc1ccc(-c2ccc(=O)n(C3CCC(=O)NC3=O)c2)cc1. The lowest BCUT2D eigenvalue weighted by Gasteiger charge is -2.23. The molecule has 0 spiro atoms. The lowest BCUT2D eigenvalue weighted by Crippen LogP contribution is -2.44. The van der Waals surface area contributed by atoms with Gasteiger partial charge in [0.15, 0.2) is 0 Å². The van der Waals surface area contributed by atoms with Crippen molar-refractivity contribution in [2.24, 2.45) is 0 Å². The van der Waals surface area contributed by atoms with E-state index in [-0.39, 0.29) is 17.9 Å². The normalized spacial score (nSPS) is 16.7. The van der Waals surface area contributed by atoms with Crippen molar-refractivity contribution in [1.82, 2.24) is 15.2 Å². The molecule has 0 aliphatic carbocycles. The van der Waals surface area contributed by atoms with Gasteiger partial charge in [-0.05, 0) is 49.9 Å². The number of hydrogen-bond acceptors (Lipinski definition) is 5. The van der Waals surface area contributed by atoms with Gasteiger partial charge in [-0.2, -0.15) is 0 Å². The van der Waals surface area contributed by atoms with Crippen molar-refractivity contribution in [3.8, 4) is 11.1 Å². The van der Waals surface area contributed by atoms with Crippen molar-refractivity contribution in [1.29, 1.82) is 0 Å². The van der Waals surface area contributed by atoms with Crippen LogP contribution in [-0.2, 0) is 20.9 Å². The zero-order valence-corrected chi connectivity index (χ0v) is 17.2. The van der Waals surface area contributed by atoms with Crippen molar-refractivity contribution < 1.29 is 19.1 Å². The standard InChI is InChI=1S/C22H25N3O5/c1-22(2,3)30-21(29)23-12-14-4-6-15(7-5-14)16-8-11-19(27)25(13-16)17-9-10-18(26)24-20(17)28/h4-8,11,13,17H,9-10,12H2,1-3H3,(H,23,29)(H,24,26,28). The molecule has 158 valence electrons. The number of pyridine rings is 1. The molecule has 0 bridgehead atoms. The number of carbonyl (C=O) groups is 3. The molecule has 2 aromatic rings. The van der Waals surface area contributed by atoms with Crippen LogP contribution >= 0.6 is 0 Å². The second-order valence-corrected chi connectivity index (χ2v) is 8.18. The van der Waals surface area contributed by atoms with E-state index in [0.717, 1.165) is 16.7 Å². The predicted molar refractivity (Wildman–Crippen MR) is 111 cm³/mol. The zero-order chi connectivity index (χ0) is 21.9. The first-order valence-electron chi connectivity index (χ1n) is 9.74. The minimum Gasteiger partial charge on any atom is -0.444 e. The van der Waals surface area contributed by atoms with Crippen LogP contribution < -0.4 is 16.2 Å². The Morgan fingerprint density at radius 2 is 1.77 bits per heavy atom. The number of rotatable bonds is 4. The van der Waals surface area contributed by atoms with Gasteiger partial charge < -0.3 is 14.6 Å². The van der Waals surface area contributed by atoms with Gasteiger partial charge in [-0.1, -0.05) is 24.3 Å². The van der Waals surface area contributed by atoms with E-state index in [2.05, 4.69) is 10.6 Å². The Kier molecular flexibility index (Phi) is 6.05. The quantitative estimate of drug-likeness (QED) is 0.752. The molecule has 1 aliphatic rings. The molecule has 1 aromatic carbocycles. The maximum Gasteiger partial charge on any atom is 0.407 e. The number of alkyl carbamates (subject to hydrolysis) is 1. The predicted octanol–water partition coefficient (Wildman–Crippen LogP) is 2.52. The smallest absolute Gasteiger partial charge is 0.407 e. The van der Waals surface area contributed by atoms with E-state index in [9.17, 15) is 19.2 Å². The highest BCUT2D eigenvalue weighted by atomic mass is 16.6. The van der Waals surface area contributed by atoms with Crippen LogP contribution in [0.25, 0.3) is 11.1 Å². The highest BCUT2D eigenvalue weighted by Crippen LogP contribution is 2.22. The minimum atomic E-state index is -0.701. The van der Waals surface area contributed by atoms with E-state index in [1.165, 1.54) is 10.6 Å². The van der Waals surface area contributed by atoms with Crippen LogP contribution in [0, 0.1) is 0 Å². The van der Waals surface area contributed by atoms with E-state index < -0.39 is 23.6 Å². The average molecular weight is 411 g/mol. The number of carbonyl (C=O) groups excluding carboxylic acids is 3. The largest absolute Gasteiger partial charge is 0.444 e. The summed E-state index contributed by atoms with van der Waals surface area (Å²) < 4.78 is 6.58. The second kappa shape index (κ2) is 8.52. The fourth-order valence-electron chi connectivity index (χ4n) is 3.17. The van der Waals surface area contributed by atoms with Gasteiger partial charge in [0.25, 0.3) is 5.56 Å². The number of ether oxygens (including phenoxy) is 1. The fourth-order valence-corrected chi connectivity index (χ4v) is 3.17. The molecule has 1 aromatic heterocycles. The first-order valence-corrected chi connectivity index (χ1v) is 9.74. The summed E-state index contributed by atoms with van der Waals surface area (Å²) in [6, 6.07) is 9.90. The minimum absolute atomic E-state index is 0.201. The Labute approximate surface area is 174 Å². The summed E-state index contributed by atoms with van der Waals surface area (Å²) in [5.74, 6) is -0.787. The number of piperidine rings is 1. The molecule has 1 fully saturated rings. The third-order valence-electron chi connectivity index (χ3n) is 4.61. The van der Waals surface area contributed by atoms with Gasteiger partial charge in [-0.15, -0.1) is 0 Å². The zero-order valence-electron chi connectivity index (χ0n) is 17.2. The van der Waals surface area contributed by atoms with Gasteiger partial charge in [0, 0.05) is 25.2 Å². The van der Waals surface area contributed by atoms with E-state index in [1.807, 2.05) is 24.3 Å². The molecule has 8 heteroatoms. The van der Waals surface area contributed by atoms with Crippen LogP contribution in [0.2, 0.25) is 0 Å². The fraction of sp³-hybridized carbons (Fsp3) is 0.364. The summed E-state index contributed by atoms with van der Waals surface area (Å²) >= 11 is 0. The number of imide groups is 1. The first kappa shape index (κ1) is 21.3. The number of nitrogens with one attached hydrogen (secondary N) is 2. The molecule has 1 atom stereocenters. The lowest BCUT2D eigenvalue weighted by atomic mass is 10.0. The molecule has 1 saturated heterocycles. The van der Waals surface area contributed by atoms with Gasteiger partial charge in [0.2, 0.25) is 11.8 Å². The summed E-state index contributed by atoms with van der Waals surface area (Å²) in [5.41, 5.74) is 1.66. The Hall–Kier alpha value is -3.42. The topological polar surface area (TPSA) is 106 Å². The second-order valence-electron chi connectivity index (χ2n) is 8.18. The molecule has 2 heterocycles. The van der Waals surface area contributed by atoms with Crippen LogP contribution in [0.3, 0.4) is 0 Å². The van der Waals surface area contributed by atoms with Crippen molar-refractivity contribution in [3.05, 3.63) is 58.5 Å². The summed E-state index contributed by atoms with van der Waals surface area (Å²) in [4.78, 5) is 47.5. The molecular weight excluding hydrogens is 386 g/mol. The molecule has 3 amide bonds. The van der Waals surface area contributed by atoms with Crippen molar-refractivity contribution in [2.45, 2.75) is 51.8 Å². The summed E-state index contributed by atoms with van der Waals surface area (Å²) in [5, 5.41) is 4.98. The van der Waals surface area contributed by atoms with E-state index in [4.69, 9.17) is 4.74 Å².